The number of carbonyl (C=O) groups excluding carboxylic acids is 2. The monoisotopic (exact) mass is 645 g/mol. The largest absolute Gasteiger partial charge is 0.497 e. The second-order valence-electron chi connectivity index (χ2n) is 10.7. The first-order valence-electron chi connectivity index (χ1n) is 14.3. The van der Waals surface area contributed by atoms with Crippen LogP contribution in [-0.4, -0.2) is 50.9 Å². The van der Waals surface area contributed by atoms with Gasteiger partial charge in [0.1, 0.15) is 18.3 Å². The molecule has 0 spiro atoms. The van der Waals surface area contributed by atoms with Crippen molar-refractivity contribution >= 4 is 50.7 Å². The quantitative estimate of drug-likeness (QED) is 0.247. The molecule has 0 heterocycles. The average Bonchev–Trinajstić information content (AvgIpc) is 3.50. The summed E-state index contributed by atoms with van der Waals surface area (Å²) in [5, 5.41) is 3.88. The molecule has 43 heavy (non-hydrogen) atoms. The average molecular weight is 647 g/mol. The second kappa shape index (κ2) is 14.5. The van der Waals surface area contributed by atoms with Crippen LogP contribution in [0.4, 0.5) is 5.69 Å². The Morgan fingerprint density at radius 3 is 2.35 bits per heavy atom. The Balaban J connectivity index is 1.75. The molecule has 230 valence electrons. The van der Waals surface area contributed by atoms with E-state index in [2.05, 4.69) is 5.32 Å². The van der Waals surface area contributed by atoms with Gasteiger partial charge in [-0.1, -0.05) is 72.8 Å². The van der Waals surface area contributed by atoms with Crippen LogP contribution in [0.1, 0.15) is 50.2 Å². The van der Waals surface area contributed by atoms with E-state index in [1.165, 1.54) is 24.1 Å². The number of amides is 2. The van der Waals surface area contributed by atoms with E-state index in [0.717, 1.165) is 35.6 Å². The number of methoxy groups -OCH3 is 1. The molecule has 1 aliphatic rings. The fourth-order valence-electron chi connectivity index (χ4n) is 5.25. The molecule has 8 nitrogen and oxygen atoms in total. The highest BCUT2D eigenvalue weighted by atomic mass is 35.5. The van der Waals surface area contributed by atoms with E-state index in [0.29, 0.717) is 27.8 Å². The van der Waals surface area contributed by atoms with Crippen LogP contribution in [0.15, 0.2) is 71.6 Å². The molecule has 1 saturated carbocycles. The summed E-state index contributed by atoms with van der Waals surface area (Å²) in [6, 6.07) is 17.1. The maximum absolute atomic E-state index is 14.3. The lowest BCUT2D eigenvalue weighted by Gasteiger charge is -2.34. The Morgan fingerprint density at radius 2 is 1.72 bits per heavy atom. The van der Waals surface area contributed by atoms with Crippen molar-refractivity contribution in [3.05, 3.63) is 87.9 Å². The van der Waals surface area contributed by atoms with Crippen molar-refractivity contribution in [2.45, 2.75) is 69.5 Å². The molecule has 0 aliphatic heterocycles. The summed E-state index contributed by atoms with van der Waals surface area (Å²) in [6.07, 6.45) is 4.17. The van der Waals surface area contributed by atoms with Crippen molar-refractivity contribution in [3.63, 3.8) is 0 Å². The minimum atomic E-state index is -4.20. The molecular weight excluding hydrogens is 609 g/mol. The number of aryl methyl sites for hydroxylation is 1. The second-order valence-corrected chi connectivity index (χ2v) is 13.4. The molecule has 1 atom stereocenters. The Hall–Kier alpha value is -3.27. The number of anilines is 1. The topological polar surface area (TPSA) is 96.0 Å². The Bertz CT molecular complexity index is 1540. The number of hydrogen-bond donors (Lipinski definition) is 1. The van der Waals surface area contributed by atoms with Gasteiger partial charge in [0.15, 0.2) is 0 Å². The summed E-state index contributed by atoms with van der Waals surface area (Å²) >= 11 is 12.6. The number of nitrogens with one attached hydrogen (secondary N) is 1. The van der Waals surface area contributed by atoms with Crippen LogP contribution in [0.5, 0.6) is 5.75 Å². The minimum Gasteiger partial charge on any atom is -0.497 e. The van der Waals surface area contributed by atoms with Gasteiger partial charge in [0.2, 0.25) is 11.8 Å². The van der Waals surface area contributed by atoms with Gasteiger partial charge in [-0.05, 0) is 68.1 Å². The van der Waals surface area contributed by atoms with Crippen LogP contribution < -0.4 is 14.4 Å². The summed E-state index contributed by atoms with van der Waals surface area (Å²) in [6.45, 7) is 3.12. The Kier molecular flexibility index (Phi) is 11.0. The highest BCUT2D eigenvalue weighted by Gasteiger charge is 2.35. The Morgan fingerprint density at radius 1 is 1.02 bits per heavy atom. The number of carbonyl (C=O) groups is 2. The molecule has 3 aromatic rings. The van der Waals surface area contributed by atoms with E-state index in [1.807, 2.05) is 13.8 Å². The van der Waals surface area contributed by atoms with Crippen LogP contribution in [-0.2, 0) is 26.2 Å². The number of ether oxygens (including phenoxy) is 1. The summed E-state index contributed by atoms with van der Waals surface area (Å²) in [4.78, 5) is 29.3. The molecule has 3 aromatic carbocycles. The van der Waals surface area contributed by atoms with Crippen LogP contribution in [0.3, 0.4) is 0 Å². The zero-order valence-corrected chi connectivity index (χ0v) is 26.9. The lowest BCUT2D eigenvalue weighted by atomic mass is 10.1. The maximum Gasteiger partial charge on any atom is 0.264 e. The van der Waals surface area contributed by atoms with E-state index in [-0.39, 0.29) is 29.1 Å². The van der Waals surface area contributed by atoms with Gasteiger partial charge < -0.3 is 15.0 Å². The van der Waals surface area contributed by atoms with Crippen LogP contribution in [0.2, 0.25) is 10.0 Å². The first-order valence-corrected chi connectivity index (χ1v) is 16.5. The third kappa shape index (κ3) is 8.02. The summed E-state index contributed by atoms with van der Waals surface area (Å²) < 4.78 is 34.5. The van der Waals surface area contributed by atoms with E-state index in [4.69, 9.17) is 27.9 Å². The summed E-state index contributed by atoms with van der Waals surface area (Å²) in [5.41, 5.74) is 1.73. The van der Waals surface area contributed by atoms with Gasteiger partial charge in [-0.25, -0.2) is 8.42 Å². The van der Waals surface area contributed by atoms with E-state index in [1.54, 1.807) is 54.6 Å². The summed E-state index contributed by atoms with van der Waals surface area (Å²) in [7, 11) is -2.71. The standard InChI is InChI=1S/C32H37Cl2N3O5S/c1-4-30(32(39)35-25-8-5-6-9-25)36(20-23-14-15-24(33)18-29(23)34)31(38)21-37(26-10-7-11-27(19-26)42-3)43(40,41)28-16-12-22(2)13-17-28/h7,10-19,25,30H,4-6,8-9,20-21H2,1-3H3,(H,35,39)/t30-/m0/s1. The zero-order valence-electron chi connectivity index (χ0n) is 24.6. The number of benzene rings is 3. The molecule has 1 aliphatic carbocycles. The predicted octanol–water partition coefficient (Wildman–Crippen LogP) is 6.37. The fraction of sp³-hybridized carbons (Fsp3) is 0.375. The van der Waals surface area contributed by atoms with E-state index >= 15 is 0 Å². The smallest absolute Gasteiger partial charge is 0.264 e. The van der Waals surface area contributed by atoms with Crippen LogP contribution >= 0.6 is 23.2 Å². The first-order chi connectivity index (χ1) is 20.5. The van der Waals surface area contributed by atoms with Gasteiger partial charge in [0.25, 0.3) is 10.0 Å². The molecule has 0 saturated heterocycles. The molecule has 1 fully saturated rings. The van der Waals surface area contributed by atoms with Crippen molar-refractivity contribution in [2.24, 2.45) is 0 Å². The number of hydrogen-bond acceptors (Lipinski definition) is 5. The lowest BCUT2D eigenvalue weighted by molar-refractivity contribution is -0.140. The molecule has 1 N–H and O–H groups in total. The van der Waals surface area contributed by atoms with Crippen molar-refractivity contribution in [1.82, 2.24) is 10.2 Å². The molecule has 0 radical (unpaired) electrons. The zero-order chi connectivity index (χ0) is 31.1. The number of nitrogens with zero attached hydrogens (tertiary/aromatic N) is 2. The van der Waals surface area contributed by atoms with Crippen LogP contribution in [0.25, 0.3) is 0 Å². The van der Waals surface area contributed by atoms with Crippen molar-refractivity contribution < 1.29 is 22.7 Å². The number of sulfonamides is 1. The molecular formula is C32H37Cl2N3O5S. The van der Waals surface area contributed by atoms with Gasteiger partial charge in [0.05, 0.1) is 17.7 Å². The van der Waals surface area contributed by atoms with Gasteiger partial charge in [-0.3, -0.25) is 13.9 Å². The van der Waals surface area contributed by atoms with Gasteiger partial charge >= 0.3 is 0 Å². The first kappa shape index (κ1) is 32.6. The summed E-state index contributed by atoms with van der Waals surface area (Å²) in [5.74, 6) is -0.402. The lowest BCUT2D eigenvalue weighted by Crippen LogP contribution is -2.53. The van der Waals surface area contributed by atoms with E-state index in [9.17, 15) is 18.0 Å². The SMILES string of the molecule is CC[C@@H](C(=O)NC1CCCC1)N(Cc1ccc(Cl)cc1Cl)C(=O)CN(c1cccc(OC)c1)S(=O)(=O)c1ccc(C)cc1. The number of halogens is 2. The molecule has 2 amide bonds. The Labute approximate surface area is 264 Å². The van der Waals surface area contributed by atoms with E-state index < -0.39 is 28.5 Å². The molecule has 0 bridgehead atoms. The van der Waals surface area contributed by atoms with Gasteiger partial charge in [-0.15, -0.1) is 0 Å². The third-order valence-electron chi connectivity index (χ3n) is 7.67. The number of rotatable bonds is 12. The van der Waals surface area contributed by atoms with Crippen molar-refractivity contribution in [1.29, 1.82) is 0 Å². The maximum atomic E-state index is 14.3. The highest BCUT2D eigenvalue weighted by molar-refractivity contribution is 7.92. The van der Waals surface area contributed by atoms with Crippen molar-refractivity contribution in [3.8, 4) is 5.75 Å². The van der Waals surface area contributed by atoms with Gasteiger partial charge in [-0.2, -0.15) is 0 Å². The third-order valence-corrected chi connectivity index (χ3v) is 10.0. The van der Waals surface area contributed by atoms with Gasteiger partial charge in [0, 0.05) is 28.7 Å². The molecule has 4 rings (SSSR count). The molecule has 11 heteroatoms. The fourth-order valence-corrected chi connectivity index (χ4v) is 7.13. The normalized spacial score (nSPS) is 14.3. The molecule has 0 unspecified atom stereocenters. The predicted molar refractivity (Wildman–Crippen MR) is 170 cm³/mol. The van der Waals surface area contributed by atoms with Crippen molar-refractivity contribution in [2.75, 3.05) is 18.0 Å². The minimum absolute atomic E-state index is 0.0119. The highest BCUT2D eigenvalue weighted by Crippen LogP contribution is 2.29. The van der Waals surface area contributed by atoms with Crippen LogP contribution in [0, 0.1) is 6.92 Å². The molecule has 0 aromatic heterocycles.